The lowest BCUT2D eigenvalue weighted by atomic mass is 10.1. The van der Waals surface area contributed by atoms with Crippen molar-refractivity contribution in [1.82, 2.24) is 9.78 Å². The zero-order valence-electron chi connectivity index (χ0n) is 12.2. The molecule has 1 heterocycles. The van der Waals surface area contributed by atoms with E-state index in [2.05, 4.69) is 5.10 Å². The molecule has 4 nitrogen and oxygen atoms in total. The molecule has 122 valence electrons. The third-order valence-corrected chi connectivity index (χ3v) is 3.43. The Morgan fingerprint density at radius 2 is 1.79 bits per heavy atom. The van der Waals surface area contributed by atoms with Crippen LogP contribution in [-0.2, 0) is 6.18 Å². The summed E-state index contributed by atoms with van der Waals surface area (Å²) in [6.07, 6.45) is -2.90. The fourth-order valence-electron chi connectivity index (χ4n) is 2.26. The number of aromatic nitrogens is 2. The fraction of sp³-hybridized carbons (Fsp3) is 0.0588. The first-order valence-electron chi connectivity index (χ1n) is 6.91. The summed E-state index contributed by atoms with van der Waals surface area (Å²) in [4.78, 5) is 11.0. The molecule has 0 unspecified atom stereocenters. The van der Waals surface area contributed by atoms with Gasteiger partial charge in [-0.05, 0) is 36.4 Å². The number of nitrogens with zero attached hydrogens (tertiary/aromatic N) is 2. The van der Waals surface area contributed by atoms with E-state index >= 15 is 0 Å². The number of rotatable bonds is 3. The number of aromatic carboxylic acids is 1. The van der Waals surface area contributed by atoms with Gasteiger partial charge < -0.3 is 5.11 Å². The zero-order valence-corrected chi connectivity index (χ0v) is 12.2. The molecule has 1 aromatic heterocycles. The number of halogens is 3. The highest BCUT2D eigenvalue weighted by molar-refractivity contribution is 5.89. The number of hydrogen-bond acceptors (Lipinski definition) is 2. The van der Waals surface area contributed by atoms with Gasteiger partial charge in [0.15, 0.2) is 0 Å². The van der Waals surface area contributed by atoms with Crippen molar-refractivity contribution in [3.8, 4) is 16.9 Å². The van der Waals surface area contributed by atoms with Crippen molar-refractivity contribution in [2.75, 3.05) is 0 Å². The topological polar surface area (TPSA) is 55.1 Å². The molecule has 0 amide bonds. The van der Waals surface area contributed by atoms with Crippen LogP contribution < -0.4 is 0 Å². The average molecular weight is 332 g/mol. The van der Waals surface area contributed by atoms with Crippen LogP contribution in [0.4, 0.5) is 13.2 Å². The second kappa shape index (κ2) is 5.84. The third-order valence-electron chi connectivity index (χ3n) is 3.43. The molecule has 2 aromatic carbocycles. The zero-order chi connectivity index (χ0) is 17.3. The average Bonchev–Trinajstić information content (AvgIpc) is 3.04. The molecule has 24 heavy (non-hydrogen) atoms. The van der Waals surface area contributed by atoms with Crippen molar-refractivity contribution < 1.29 is 23.1 Å². The molecule has 0 aliphatic rings. The van der Waals surface area contributed by atoms with Gasteiger partial charge >= 0.3 is 12.1 Å². The Balaban J connectivity index is 1.97. The Morgan fingerprint density at radius 1 is 1.04 bits per heavy atom. The van der Waals surface area contributed by atoms with Crippen molar-refractivity contribution in [2.45, 2.75) is 6.18 Å². The molecule has 0 aliphatic heterocycles. The van der Waals surface area contributed by atoms with E-state index in [1.54, 1.807) is 18.2 Å². The molecule has 0 atom stereocenters. The van der Waals surface area contributed by atoms with Crippen molar-refractivity contribution >= 4 is 5.97 Å². The Hall–Kier alpha value is -3.09. The predicted molar refractivity (Wildman–Crippen MR) is 81.0 cm³/mol. The number of carbonyl (C=O) groups is 1. The van der Waals surface area contributed by atoms with Crippen LogP contribution in [0.3, 0.4) is 0 Å². The summed E-state index contributed by atoms with van der Waals surface area (Å²) in [5.74, 6) is -1.06. The van der Waals surface area contributed by atoms with Crippen molar-refractivity contribution in [2.24, 2.45) is 0 Å². The quantitative estimate of drug-likeness (QED) is 0.780. The van der Waals surface area contributed by atoms with E-state index in [1.165, 1.54) is 35.1 Å². The Morgan fingerprint density at radius 3 is 2.50 bits per heavy atom. The largest absolute Gasteiger partial charge is 0.478 e. The maximum atomic E-state index is 12.8. The third kappa shape index (κ3) is 3.15. The van der Waals surface area contributed by atoms with Crippen LogP contribution in [0.2, 0.25) is 0 Å². The first-order chi connectivity index (χ1) is 11.3. The minimum absolute atomic E-state index is 0.112. The molecule has 0 aliphatic carbocycles. The van der Waals surface area contributed by atoms with Gasteiger partial charge in [0.25, 0.3) is 0 Å². The SMILES string of the molecule is O=C(O)c1cccc(-c2ccn(-c3cccc(C(F)(F)F)c3)n2)c1. The molecule has 1 N–H and O–H groups in total. The van der Waals surface area contributed by atoms with E-state index in [0.29, 0.717) is 11.3 Å². The summed E-state index contributed by atoms with van der Waals surface area (Å²) in [6, 6.07) is 12.6. The van der Waals surface area contributed by atoms with Gasteiger partial charge in [0.05, 0.1) is 22.5 Å². The van der Waals surface area contributed by atoms with Crippen LogP contribution in [0.15, 0.2) is 60.8 Å². The van der Waals surface area contributed by atoms with Crippen molar-refractivity contribution in [1.29, 1.82) is 0 Å². The van der Waals surface area contributed by atoms with Gasteiger partial charge in [-0.25, -0.2) is 9.48 Å². The minimum atomic E-state index is -4.43. The van der Waals surface area contributed by atoms with E-state index in [0.717, 1.165) is 12.1 Å². The second-order valence-electron chi connectivity index (χ2n) is 5.08. The lowest BCUT2D eigenvalue weighted by Gasteiger charge is -2.08. The lowest BCUT2D eigenvalue weighted by Crippen LogP contribution is -2.06. The molecule has 0 fully saturated rings. The highest BCUT2D eigenvalue weighted by Gasteiger charge is 2.30. The van der Waals surface area contributed by atoms with Crippen molar-refractivity contribution in [3.63, 3.8) is 0 Å². The molecular weight excluding hydrogens is 321 g/mol. The summed E-state index contributed by atoms with van der Waals surface area (Å²) in [5.41, 5.74) is 0.660. The Labute approximate surface area is 134 Å². The Kier molecular flexibility index (Phi) is 3.84. The number of carboxylic acids is 1. The van der Waals surface area contributed by atoms with E-state index in [1.807, 2.05) is 0 Å². The lowest BCUT2D eigenvalue weighted by molar-refractivity contribution is -0.137. The van der Waals surface area contributed by atoms with Crippen LogP contribution in [0, 0.1) is 0 Å². The van der Waals surface area contributed by atoms with Gasteiger partial charge in [0.2, 0.25) is 0 Å². The molecule has 3 rings (SSSR count). The predicted octanol–water partition coefficient (Wildman–Crippen LogP) is 4.26. The number of alkyl halides is 3. The molecule has 3 aromatic rings. The second-order valence-corrected chi connectivity index (χ2v) is 5.08. The smallest absolute Gasteiger partial charge is 0.416 e. The maximum absolute atomic E-state index is 12.8. The summed E-state index contributed by atoms with van der Waals surface area (Å²) < 4.78 is 39.7. The van der Waals surface area contributed by atoms with Crippen LogP contribution in [-0.4, -0.2) is 20.9 Å². The van der Waals surface area contributed by atoms with E-state index in [4.69, 9.17) is 5.11 Å². The van der Waals surface area contributed by atoms with E-state index in [-0.39, 0.29) is 11.3 Å². The van der Waals surface area contributed by atoms with E-state index in [9.17, 15) is 18.0 Å². The van der Waals surface area contributed by atoms with Crippen LogP contribution >= 0.6 is 0 Å². The number of hydrogen-bond donors (Lipinski definition) is 1. The Bertz CT molecular complexity index is 901. The molecular formula is C17H11F3N2O2. The molecule has 0 bridgehead atoms. The molecule has 0 saturated heterocycles. The minimum Gasteiger partial charge on any atom is -0.478 e. The summed E-state index contributed by atoms with van der Waals surface area (Å²) in [7, 11) is 0. The van der Waals surface area contributed by atoms with Gasteiger partial charge in [-0.15, -0.1) is 0 Å². The summed E-state index contributed by atoms with van der Waals surface area (Å²) >= 11 is 0. The standard InChI is InChI=1S/C17H11F3N2O2/c18-17(19,20)13-5-2-6-14(10-13)22-8-7-15(21-22)11-3-1-4-12(9-11)16(23)24/h1-10H,(H,23,24). The van der Waals surface area contributed by atoms with Gasteiger partial charge in [0.1, 0.15) is 0 Å². The first-order valence-corrected chi connectivity index (χ1v) is 6.91. The van der Waals surface area contributed by atoms with Gasteiger partial charge in [-0.2, -0.15) is 18.3 Å². The summed E-state index contributed by atoms with van der Waals surface area (Å²) in [5, 5.41) is 13.2. The van der Waals surface area contributed by atoms with Crippen LogP contribution in [0.25, 0.3) is 16.9 Å². The highest BCUT2D eigenvalue weighted by Crippen LogP contribution is 2.30. The van der Waals surface area contributed by atoms with Gasteiger partial charge in [-0.3, -0.25) is 0 Å². The maximum Gasteiger partial charge on any atom is 0.416 e. The number of benzene rings is 2. The molecule has 7 heteroatoms. The molecule has 0 radical (unpaired) electrons. The van der Waals surface area contributed by atoms with Gasteiger partial charge in [-0.1, -0.05) is 18.2 Å². The normalized spacial score (nSPS) is 11.5. The highest BCUT2D eigenvalue weighted by atomic mass is 19.4. The first kappa shape index (κ1) is 15.8. The van der Waals surface area contributed by atoms with Crippen LogP contribution in [0.5, 0.6) is 0 Å². The summed E-state index contributed by atoms with van der Waals surface area (Å²) in [6.45, 7) is 0. The van der Waals surface area contributed by atoms with Crippen LogP contribution in [0.1, 0.15) is 15.9 Å². The van der Waals surface area contributed by atoms with Gasteiger partial charge in [0, 0.05) is 11.8 Å². The molecule has 0 spiro atoms. The van der Waals surface area contributed by atoms with Crippen molar-refractivity contribution in [3.05, 3.63) is 71.9 Å². The monoisotopic (exact) mass is 332 g/mol. The molecule has 0 saturated carbocycles. The van der Waals surface area contributed by atoms with E-state index < -0.39 is 17.7 Å². The fourth-order valence-corrected chi connectivity index (χ4v) is 2.26. The number of carboxylic acid groups (broad SMARTS) is 1.